The second-order valence-electron chi connectivity index (χ2n) is 3.49. The maximum atomic E-state index is 11.2. The van der Waals surface area contributed by atoms with Crippen LogP contribution in [0, 0.1) is 0 Å². The number of amides is 1. The van der Waals surface area contributed by atoms with Crippen molar-refractivity contribution in [1.82, 2.24) is 10.3 Å². The third-order valence-corrected chi connectivity index (χ3v) is 2.53. The summed E-state index contributed by atoms with van der Waals surface area (Å²) in [4.78, 5) is 15.3. The summed E-state index contributed by atoms with van der Waals surface area (Å²) in [6.07, 6.45) is 4.31. The lowest BCUT2D eigenvalue weighted by Gasteiger charge is -2.19. The fourth-order valence-corrected chi connectivity index (χ4v) is 1.78. The van der Waals surface area contributed by atoms with Crippen molar-refractivity contribution in [1.29, 1.82) is 0 Å². The summed E-state index contributed by atoms with van der Waals surface area (Å²) in [5.74, 6) is -0.346. The molecule has 4 nitrogen and oxygen atoms in total. The maximum absolute atomic E-state index is 11.2. The second-order valence-corrected chi connectivity index (χ2v) is 3.49. The zero-order chi connectivity index (χ0) is 10.7. The van der Waals surface area contributed by atoms with Crippen molar-refractivity contribution in [3.05, 3.63) is 35.7 Å². The van der Waals surface area contributed by atoms with Gasteiger partial charge in [-0.2, -0.15) is 0 Å². The molecule has 0 saturated carbocycles. The van der Waals surface area contributed by atoms with Gasteiger partial charge in [0.25, 0.3) is 0 Å². The minimum atomic E-state index is -0.346. The van der Waals surface area contributed by atoms with E-state index in [2.05, 4.69) is 10.3 Å². The van der Waals surface area contributed by atoms with Crippen LogP contribution in [-0.2, 0) is 4.79 Å². The van der Waals surface area contributed by atoms with Crippen molar-refractivity contribution in [2.45, 2.75) is 6.42 Å². The number of hydrogen-bond donors (Lipinski definition) is 2. The highest BCUT2D eigenvalue weighted by Crippen LogP contribution is 2.23. The van der Waals surface area contributed by atoms with Crippen molar-refractivity contribution in [2.24, 2.45) is 5.73 Å². The first-order chi connectivity index (χ1) is 7.29. The van der Waals surface area contributed by atoms with Gasteiger partial charge in [-0.1, -0.05) is 6.07 Å². The van der Waals surface area contributed by atoms with Crippen LogP contribution in [0.25, 0.3) is 5.57 Å². The van der Waals surface area contributed by atoms with Gasteiger partial charge in [-0.05, 0) is 30.2 Å². The fraction of sp³-hybridized carbons (Fsp3) is 0.273. The first kappa shape index (κ1) is 9.86. The normalized spacial score (nSPS) is 16.5. The van der Waals surface area contributed by atoms with Gasteiger partial charge in [-0.25, -0.2) is 0 Å². The Morgan fingerprint density at radius 2 is 2.40 bits per heavy atom. The summed E-state index contributed by atoms with van der Waals surface area (Å²) in [5, 5.41) is 3.14. The minimum absolute atomic E-state index is 0.346. The third-order valence-electron chi connectivity index (χ3n) is 2.53. The van der Waals surface area contributed by atoms with Crippen molar-refractivity contribution in [3.8, 4) is 0 Å². The number of rotatable bonds is 2. The largest absolute Gasteiger partial charge is 0.366 e. The highest BCUT2D eigenvalue weighted by molar-refractivity contribution is 6.00. The zero-order valence-corrected chi connectivity index (χ0v) is 8.36. The van der Waals surface area contributed by atoms with Crippen LogP contribution in [0.1, 0.15) is 12.0 Å². The molecule has 1 aromatic heterocycles. The highest BCUT2D eigenvalue weighted by atomic mass is 16.1. The Balaban J connectivity index is 2.44. The molecule has 0 bridgehead atoms. The number of hydrogen-bond acceptors (Lipinski definition) is 3. The van der Waals surface area contributed by atoms with Crippen molar-refractivity contribution in [2.75, 3.05) is 13.1 Å². The van der Waals surface area contributed by atoms with Crippen molar-refractivity contribution >= 4 is 11.5 Å². The topological polar surface area (TPSA) is 68.0 Å². The maximum Gasteiger partial charge on any atom is 0.246 e. The fourth-order valence-electron chi connectivity index (χ4n) is 1.78. The number of nitrogens with two attached hydrogens (primary N) is 1. The van der Waals surface area contributed by atoms with Crippen LogP contribution < -0.4 is 11.1 Å². The number of nitrogens with one attached hydrogen (secondary N) is 1. The molecule has 1 aliphatic rings. The molecule has 0 fully saturated rings. The van der Waals surface area contributed by atoms with Crippen LogP contribution in [-0.4, -0.2) is 24.0 Å². The van der Waals surface area contributed by atoms with Crippen LogP contribution in [0.2, 0.25) is 0 Å². The van der Waals surface area contributed by atoms with Gasteiger partial charge in [0.2, 0.25) is 5.91 Å². The number of aromatic nitrogens is 1. The summed E-state index contributed by atoms with van der Waals surface area (Å²) < 4.78 is 0. The number of carbonyl (C=O) groups excluding carboxylic acids is 1. The molecule has 0 aromatic carbocycles. The van der Waals surface area contributed by atoms with Crippen LogP contribution in [0.15, 0.2) is 30.1 Å². The minimum Gasteiger partial charge on any atom is -0.366 e. The first-order valence-corrected chi connectivity index (χ1v) is 4.92. The van der Waals surface area contributed by atoms with Gasteiger partial charge < -0.3 is 11.1 Å². The molecule has 0 aliphatic carbocycles. The van der Waals surface area contributed by atoms with Gasteiger partial charge in [-0.3, -0.25) is 9.78 Å². The van der Waals surface area contributed by atoms with Gasteiger partial charge in [0.05, 0.1) is 0 Å². The molecule has 0 atom stereocenters. The third kappa shape index (κ3) is 2.05. The van der Waals surface area contributed by atoms with E-state index in [0.717, 1.165) is 24.1 Å². The molecule has 1 aromatic rings. The van der Waals surface area contributed by atoms with E-state index in [0.29, 0.717) is 12.1 Å². The highest BCUT2D eigenvalue weighted by Gasteiger charge is 2.17. The van der Waals surface area contributed by atoms with E-state index >= 15 is 0 Å². The molecule has 2 rings (SSSR count). The Morgan fingerprint density at radius 1 is 1.53 bits per heavy atom. The Bertz CT molecular complexity index is 398. The summed E-state index contributed by atoms with van der Waals surface area (Å²) in [6.45, 7) is 1.43. The van der Waals surface area contributed by atoms with Gasteiger partial charge in [0.15, 0.2) is 0 Å². The summed E-state index contributed by atoms with van der Waals surface area (Å²) in [6, 6.07) is 3.82. The number of nitrogens with zero attached hydrogens (tertiary/aromatic N) is 1. The van der Waals surface area contributed by atoms with E-state index in [1.165, 1.54) is 0 Å². The average molecular weight is 203 g/mol. The van der Waals surface area contributed by atoms with Crippen molar-refractivity contribution < 1.29 is 4.79 Å². The molecule has 1 aliphatic heterocycles. The Hall–Kier alpha value is -1.68. The monoisotopic (exact) mass is 203 g/mol. The molecular formula is C11H13N3O. The molecule has 0 radical (unpaired) electrons. The summed E-state index contributed by atoms with van der Waals surface area (Å²) >= 11 is 0. The molecule has 4 heteroatoms. The summed E-state index contributed by atoms with van der Waals surface area (Å²) in [5.41, 5.74) is 8.03. The second kappa shape index (κ2) is 4.23. The van der Waals surface area contributed by atoms with E-state index in [4.69, 9.17) is 5.73 Å². The zero-order valence-electron chi connectivity index (χ0n) is 8.36. The number of carbonyl (C=O) groups is 1. The van der Waals surface area contributed by atoms with Gasteiger partial charge in [0.1, 0.15) is 0 Å². The quantitative estimate of drug-likeness (QED) is 0.727. The lowest BCUT2D eigenvalue weighted by Crippen LogP contribution is -2.31. The van der Waals surface area contributed by atoms with E-state index < -0.39 is 0 Å². The molecule has 3 N–H and O–H groups in total. The summed E-state index contributed by atoms with van der Waals surface area (Å²) in [7, 11) is 0. The van der Waals surface area contributed by atoms with E-state index in [-0.39, 0.29) is 5.91 Å². The molecule has 0 spiro atoms. The standard InChI is InChI=1S/C11H13N3O/c12-11(15)10-7-14-5-3-9(10)8-2-1-4-13-6-8/h1-2,4,6,14H,3,5,7H2,(H2,12,15). The lowest BCUT2D eigenvalue weighted by molar-refractivity contribution is -0.114. The number of primary amides is 1. The van der Waals surface area contributed by atoms with Crippen molar-refractivity contribution in [3.63, 3.8) is 0 Å². The molecular weight excluding hydrogens is 190 g/mol. The molecule has 0 saturated heterocycles. The average Bonchev–Trinajstić information content (AvgIpc) is 2.30. The van der Waals surface area contributed by atoms with Crippen LogP contribution in [0.5, 0.6) is 0 Å². The smallest absolute Gasteiger partial charge is 0.246 e. The lowest BCUT2D eigenvalue weighted by atomic mass is 9.95. The predicted octanol–water partition coefficient (Wildman–Crippen LogP) is 0.314. The number of pyridine rings is 1. The molecule has 78 valence electrons. The predicted molar refractivity (Wildman–Crippen MR) is 57.8 cm³/mol. The molecule has 2 heterocycles. The van der Waals surface area contributed by atoms with Gasteiger partial charge >= 0.3 is 0 Å². The van der Waals surface area contributed by atoms with E-state index in [1.807, 2.05) is 12.1 Å². The molecule has 1 amide bonds. The Morgan fingerprint density at radius 3 is 3.07 bits per heavy atom. The van der Waals surface area contributed by atoms with Crippen LogP contribution in [0.4, 0.5) is 0 Å². The Labute approximate surface area is 88.2 Å². The van der Waals surface area contributed by atoms with E-state index in [1.54, 1.807) is 12.4 Å². The molecule has 15 heavy (non-hydrogen) atoms. The first-order valence-electron chi connectivity index (χ1n) is 4.92. The SMILES string of the molecule is NC(=O)C1=C(c2cccnc2)CCNC1. The van der Waals surface area contributed by atoms with Gasteiger partial charge in [-0.15, -0.1) is 0 Å². The van der Waals surface area contributed by atoms with E-state index in [9.17, 15) is 4.79 Å². The Kier molecular flexibility index (Phi) is 2.78. The van der Waals surface area contributed by atoms with Crippen LogP contribution >= 0.6 is 0 Å². The van der Waals surface area contributed by atoms with Gasteiger partial charge in [0, 0.05) is 24.5 Å². The molecule has 0 unspecified atom stereocenters. The van der Waals surface area contributed by atoms with Crippen LogP contribution in [0.3, 0.4) is 0 Å².